The Morgan fingerprint density at radius 3 is 2.79 bits per heavy atom. The second-order valence-corrected chi connectivity index (χ2v) is 7.76. The predicted molar refractivity (Wildman–Crippen MR) is 108 cm³/mol. The quantitative estimate of drug-likeness (QED) is 0.637. The van der Waals surface area contributed by atoms with Crippen molar-refractivity contribution in [3.63, 3.8) is 0 Å². The second-order valence-electron chi connectivity index (χ2n) is 7.76. The minimum Gasteiger partial charge on any atom is -0.486 e. The van der Waals surface area contributed by atoms with Gasteiger partial charge in [-0.15, -0.1) is 0 Å². The van der Waals surface area contributed by atoms with Crippen molar-refractivity contribution in [2.75, 3.05) is 13.1 Å². The van der Waals surface area contributed by atoms with Gasteiger partial charge >= 0.3 is 0 Å². The van der Waals surface area contributed by atoms with E-state index < -0.39 is 5.60 Å². The summed E-state index contributed by atoms with van der Waals surface area (Å²) in [5.74, 6) is 0.736. The van der Waals surface area contributed by atoms with E-state index in [0.29, 0.717) is 53.8 Å². The number of hydrogen-bond acceptors (Lipinski definition) is 5. The van der Waals surface area contributed by atoms with Crippen molar-refractivity contribution >= 4 is 22.7 Å². The van der Waals surface area contributed by atoms with Crippen molar-refractivity contribution in [3.8, 4) is 5.75 Å². The number of fused-ring (bicyclic) bond motifs is 2. The highest BCUT2D eigenvalue weighted by Gasteiger charge is 2.42. The zero-order valence-corrected chi connectivity index (χ0v) is 16.0. The number of carbonyl (C=O) groups excluding carboxylic acids is 2. The molecule has 29 heavy (non-hydrogen) atoms. The molecule has 1 fully saturated rings. The number of benzene rings is 2. The van der Waals surface area contributed by atoms with E-state index >= 15 is 0 Å². The summed E-state index contributed by atoms with van der Waals surface area (Å²) in [4.78, 5) is 36.4. The van der Waals surface area contributed by atoms with Gasteiger partial charge in [0.2, 0.25) is 0 Å². The average Bonchev–Trinajstić information content (AvgIpc) is 2.95. The van der Waals surface area contributed by atoms with Gasteiger partial charge in [-0.1, -0.05) is 18.2 Å². The van der Waals surface area contributed by atoms with E-state index in [9.17, 15) is 9.59 Å². The van der Waals surface area contributed by atoms with Crippen LogP contribution in [-0.2, 0) is 0 Å². The Labute approximate surface area is 168 Å². The van der Waals surface area contributed by atoms with Crippen LogP contribution in [0.2, 0.25) is 0 Å². The van der Waals surface area contributed by atoms with Crippen molar-refractivity contribution in [1.82, 2.24) is 14.9 Å². The monoisotopic (exact) mass is 387 g/mol. The Balaban J connectivity index is 1.39. The summed E-state index contributed by atoms with van der Waals surface area (Å²) < 4.78 is 6.33. The van der Waals surface area contributed by atoms with Crippen LogP contribution in [0.25, 0.3) is 11.0 Å². The molecular formula is C23H21N3O3. The van der Waals surface area contributed by atoms with Crippen LogP contribution in [0.1, 0.15) is 46.4 Å². The van der Waals surface area contributed by atoms with Crippen LogP contribution in [0.4, 0.5) is 0 Å². The maximum atomic E-state index is 13.3. The molecule has 5 rings (SSSR count). The highest BCUT2D eigenvalue weighted by Crippen LogP contribution is 2.39. The van der Waals surface area contributed by atoms with Crippen molar-refractivity contribution in [1.29, 1.82) is 0 Å². The topological polar surface area (TPSA) is 72.4 Å². The smallest absolute Gasteiger partial charge is 0.256 e. The third-order valence-electron chi connectivity index (χ3n) is 5.91. The van der Waals surface area contributed by atoms with Gasteiger partial charge in [0.25, 0.3) is 5.91 Å². The van der Waals surface area contributed by atoms with Crippen molar-refractivity contribution in [2.24, 2.45) is 0 Å². The van der Waals surface area contributed by atoms with E-state index in [1.54, 1.807) is 18.5 Å². The third-order valence-corrected chi connectivity index (χ3v) is 5.91. The number of aromatic nitrogens is 2. The summed E-state index contributed by atoms with van der Waals surface area (Å²) in [6.07, 6.45) is 5.78. The molecule has 3 heterocycles. The molecule has 1 spiro atoms. The highest BCUT2D eigenvalue weighted by molar-refractivity contribution is 6.04. The molecule has 0 saturated carbocycles. The largest absolute Gasteiger partial charge is 0.486 e. The number of carbonyl (C=O) groups is 2. The van der Waals surface area contributed by atoms with Gasteiger partial charge in [-0.3, -0.25) is 19.6 Å². The highest BCUT2D eigenvalue weighted by atomic mass is 16.5. The maximum Gasteiger partial charge on any atom is 0.256 e. The normalized spacial score (nSPS) is 21.5. The summed E-state index contributed by atoms with van der Waals surface area (Å²) in [6.45, 7) is 1.18. The summed E-state index contributed by atoms with van der Waals surface area (Å²) in [7, 11) is 0. The van der Waals surface area contributed by atoms with E-state index in [-0.39, 0.29) is 11.7 Å². The van der Waals surface area contributed by atoms with Crippen molar-refractivity contribution in [3.05, 3.63) is 66.0 Å². The van der Waals surface area contributed by atoms with Gasteiger partial charge in [0.1, 0.15) is 16.9 Å². The Morgan fingerprint density at radius 1 is 1.00 bits per heavy atom. The Morgan fingerprint density at radius 2 is 1.86 bits per heavy atom. The van der Waals surface area contributed by atoms with E-state index in [1.165, 1.54) is 0 Å². The summed E-state index contributed by atoms with van der Waals surface area (Å²) in [5, 5.41) is 0. The van der Waals surface area contributed by atoms with E-state index in [1.807, 2.05) is 41.3 Å². The van der Waals surface area contributed by atoms with Crippen molar-refractivity contribution in [2.45, 2.75) is 31.3 Å². The fourth-order valence-electron chi connectivity index (χ4n) is 4.43. The molecule has 0 aliphatic carbocycles. The van der Waals surface area contributed by atoms with Crippen LogP contribution in [-0.4, -0.2) is 45.2 Å². The zero-order valence-electron chi connectivity index (χ0n) is 16.0. The first-order chi connectivity index (χ1) is 14.2. The first kappa shape index (κ1) is 17.8. The van der Waals surface area contributed by atoms with Crippen LogP contribution in [0, 0.1) is 0 Å². The van der Waals surface area contributed by atoms with Gasteiger partial charge in [0.15, 0.2) is 5.78 Å². The van der Waals surface area contributed by atoms with E-state index in [4.69, 9.17) is 4.74 Å². The molecule has 146 valence electrons. The molecule has 0 bridgehead atoms. The fraction of sp³-hybridized carbons (Fsp3) is 0.304. The lowest BCUT2D eigenvalue weighted by molar-refractivity contribution is 0.0300. The van der Waals surface area contributed by atoms with E-state index in [2.05, 4.69) is 9.97 Å². The first-order valence-corrected chi connectivity index (χ1v) is 9.96. The van der Waals surface area contributed by atoms with Gasteiger partial charge in [-0.25, -0.2) is 0 Å². The fourth-order valence-corrected chi connectivity index (χ4v) is 4.43. The number of likely N-dealkylation sites (tertiary alicyclic amines) is 1. The van der Waals surface area contributed by atoms with Crippen molar-refractivity contribution < 1.29 is 14.3 Å². The van der Waals surface area contributed by atoms with Gasteiger partial charge in [-0.05, 0) is 37.1 Å². The standard InChI is InChI=1S/C23H21N3O3/c27-19-15-23(29-20-8-2-1-5-16(19)20)9-4-13-26(14-10-23)22(28)17-6-3-7-18-21(17)25-12-11-24-18/h1-3,5-8,11-12H,4,9-10,13-15H2. The summed E-state index contributed by atoms with van der Waals surface area (Å²) >= 11 is 0. The second kappa shape index (κ2) is 6.95. The molecule has 1 atom stereocenters. The lowest BCUT2D eigenvalue weighted by Crippen LogP contribution is -2.43. The number of amides is 1. The predicted octanol–water partition coefficient (Wildman–Crippen LogP) is 3.66. The molecule has 2 aliphatic rings. The number of ether oxygens (including phenoxy) is 1. The van der Waals surface area contributed by atoms with E-state index in [0.717, 1.165) is 12.8 Å². The molecule has 1 amide bonds. The molecule has 2 aromatic carbocycles. The van der Waals surface area contributed by atoms with Crippen LogP contribution >= 0.6 is 0 Å². The number of para-hydroxylation sites is 2. The Kier molecular flexibility index (Phi) is 4.27. The number of ketones is 1. The van der Waals surface area contributed by atoms with Crippen LogP contribution in [0.3, 0.4) is 0 Å². The van der Waals surface area contributed by atoms with Gasteiger partial charge in [-0.2, -0.15) is 0 Å². The molecule has 1 saturated heterocycles. The molecule has 6 heteroatoms. The Hall–Kier alpha value is -3.28. The molecule has 1 aromatic heterocycles. The van der Waals surface area contributed by atoms with Crippen LogP contribution in [0.5, 0.6) is 5.75 Å². The maximum absolute atomic E-state index is 13.3. The van der Waals surface area contributed by atoms with Gasteiger partial charge < -0.3 is 9.64 Å². The minimum atomic E-state index is -0.529. The van der Waals surface area contributed by atoms with Crippen LogP contribution in [0.15, 0.2) is 54.9 Å². The lowest BCUT2D eigenvalue weighted by Gasteiger charge is -2.37. The molecule has 3 aromatic rings. The lowest BCUT2D eigenvalue weighted by atomic mass is 9.84. The third kappa shape index (κ3) is 3.14. The number of hydrogen-bond donors (Lipinski definition) is 0. The Bertz CT molecular complexity index is 1110. The SMILES string of the molecule is O=C1CC2(CCCN(C(=O)c3cccc4nccnc34)CC2)Oc2ccccc21. The molecule has 0 radical (unpaired) electrons. The van der Waals surface area contributed by atoms with Gasteiger partial charge in [0, 0.05) is 31.9 Å². The molecule has 0 N–H and O–H groups in total. The summed E-state index contributed by atoms with van der Waals surface area (Å²) in [5.41, 5.74) is 2.03. The molecule has 1 unspecified atom stereocenters. The van der Waals surface area contributed by atoms with Gasteiger partial charge in [0.05, 0.1) is 23.1 Å². The minimum absolute atomic E-state index is 0.0457. The molecule has 2 aliphatic heterocycles. The first-order valence-electron chi connectivity index (χ1n) is 9.96. The average molecular weight is 387 g/mol. The molecular weight excluding hydrogens is 366 g/mol. The number of Topliss-reactive ketones (excluding diaryl/α,β-unsaturated/α-hetero) is 1. The number of rotatable bonds is 1. The van der Waals surface area contributed by atoms with Crippen LogP contribution < -0.4 is 4.74 Å². The zero-order chi connectivity index (χ0) is 19.8. The summed E-state index contributed by atoms with van der Waals surface area (Å²) in [6, 6.07) is 12.9. The molecule has 6 nitrogen and oxygen atoms in total. The number of nitrogens with zero attached hydrogens (tertiary/aromatic N) is 3.